The normalized spacial score (nSPS) is 18.8. The number of hydrogen-bond acceptors (Lipinski definition) is 1. The van der Waals surface area contributed by atoms with Crippen molar-refractivity contribution in [3.05, 3.63) is 126 Å². The van der Waals surface area contributed by atoms with E-state index in [4.69, 9.17) is 0 Å². The van der Waals surface area contributed by atoms with Gasteiger partial charge in [-0.1, -0.05) is 86.2 Å². The van der Waals surface area contributed by atoms with Gasteiger partial charge in [0.05, 0.1) is 12.3 Å². The van der Waals surface area contributed by atoms with Gasteiger partial charge in [0.1, 0.15) is 23.2 Å². The molecule has 0 fully saturated rings. The highest BCUT2D eigenvalue weighted by Crippen LogP contribution is 2.55. The van der Waals surface area contributed by atoms with Crippen LogP contribution in [0.1, 0.15) is 40.5 Å². The van der Waals surface area contributed by atoms with E-state index in [2.05, 4.69) is 137 Å². The van der Waals surface area contributed by atoms with E-state index >= 15 is 0 Å². The zero-order valence-electron chi connectivity index (χ0n) is 21.5. The van der Waals surface area contributed by atoms with Crippen LogP contribution in [0.2, 0.25) is 0 Å². The predicted octanol–water partition coefficient (Wildman–Crippen LogP) is 6.98. The van der Waals surface area contributed by atoms with Gasteiger partial charge in [0.25, 0.3) is 0 Å². The summed E-state index contributed by atoms with van der Waals surface area (Å²) < 4.78 is 0. The molecule has 2 heteroatoms. The van der Waals surface area contributed by atoms with Crippen molar-refractivity contribution in [2.75, 3.05) is 6.16 Å². The Hall–Kier alpha value is -2.73. The minimum atomic E-state index is -1.87. The maximum atomic E-state index is 10.4. The highest BCUT2D eigenvalue weighted by molar-refractivity contribution is 7.95. The van der Waals surface area contributed by atoms with Crippen LogP contribution in [0.5, 0.6) is 0 Å². The molecule has 3 aromatic rings. The summed E-state index contributed by atoms with van der Waals surface area (Å²) in [5, 5.41) is 14.6. The number of aliphatic hydroxyl groups is 1. The highest BCUT2D eigenvalue weighted by atomic mass is 31.2. The maximum Gasteiger partial charge on any atom is 0.115 e. The zero-order valence-corrected chi connectivity index (χ0v) is 22.4. The van der Waals surface area contributed by atoms with Gasteiger partial charge in [-0.3, -0.25) is 0 Å². The molecule has 1 N–H and O–H groups in total. The van der Waals surface area contributed by atoms with E-state index in [0.29, 0.717) is 0 Å². The minimum absolute atomic E-state index is 0.0922. The lowest BCUT2D eigenvalue weighted by Crippen LogP contribution is -2.33. The molecule has 0 radical (unpaired) electrons. The average Bonchev–Trinajstić information content (AvgIpc) is 2.89. The van der Waals surface area contributed by atoms with E-state index in [1.807, 2.05) is 0 Å². The standard InChI is InChI=1S/C33H38OP/c1-26(20-21-31-27(2)32(34)22-24-33(31,3)4)23-25-35(28-14-8-5-9-15-28,29-16-10-6-11-17-29)30-18-12-7-13-19-30/h5-21,23,32,34H,22,24-25H2,1-4H3/q+1. The van der Waals surface area contributed by atoms with Crippen molar-refractivity contribution in [2.24, 2.45) is 5.41 Å². The van der Waals surface area contributed by atoms with Gasteiger partial charge < -0.3 is 5.11 Å². The molecule has 0 saturated carbocycles. The Morgan fingerprint density at radius 2 is 1.31 bits per heavy atom. The summed E-state index contributed by atoms with van der Waals surface area (Å²) in [6.45, 7) is 8.87. The molecule has 180 valence electrons. The van der Waals surface area contributed by atoms with Crippen molar-refractivity contribution in [2.45, 2.75) is 46.6 Å². The Labute approximate surface area is 212 Å². The second kappa shape index (κ2) is 10.9. The summed E-state index contributed by atoms with van der Waals surface area (Å²) in [7, 11) is -1.87. The van der Waals surface area contributed by atoms with Gasteiger partial charge >= 0.3 is 0 Å². The molecule has 3 aromatic carbocycles. The van der Waals surface area contributed by atoms with Crippen LogP contribution in [0.3, 0.4) is 0 Å². The molecule has 35 heavy (non-hydrogen) atoms. The van der Waals surface area contributed by atoms with Crippen molar-refractivity contribution in [1.29, 1.82) is 0 Å². The van der Waals surface area contributed by atoms with Crippen LogP contribution in [-0.2, 0) is 0 Å². The van der Waals surface area contributed by atoms with Gasteiger partial charge in [-0.25, -0.2) is 0 Å². The first-order chi connectivity index (χ1) is 16.8. The Morgan fingerprint density at radius 3 is 1.77 bits per heavy atom. The molecule has 1 aliphatic carbocycles. The monoisotopic (exact) mass is 481 g/mol. The number of allylic oxidation sites excluding steroid dienone is 5. The second-order valence-corrected chi connectivity index (χ2v) is 13.8. The lowest BCUT2D eigenvalue weighted by molar-refractivity contribution is 0.163. The summed E-state index contributed by atoms with van der Waals surface area (Å²) in [4.78, 5) is 0. The summed E-state index contributed by atoms with van der Waals surface area (Å²) in [5.74, 6) is 0. The number of benzene rings is 3. The average molecular weight is 482 g/mol. The zero-order chi connectivity index (χ0) is 24.9. The fourth-order valence-electron chi connectivity index (χ4n) is 5.29. The van der Waals surface area contributed by atoms with Crippen LogP contribution >= 0.6 is 7.26 Å². The second-order valence-electron chi connectivity index (χ2n) is 10.3. The molecule has 1 atom stereocenters. The summed E-state index contributed by atoms with van der Waals surface area (Å²) >= 11 is 0. The van der Waals surface area contributed by atoms with Crippen molar-refractivity contribution in [1.82, 2.24) is 0 Å². The largest absolute Gasteiger partial charge is 0.389 e. The molecule has 0 amide bonds. The quantitative estimate of drug-likeness (QED) is 0.285. The van der Waals surface area contributed by atoms with Gasteiger partial charge in [-0.15, -0.1) is 0 Å². The van der Waals surface area contributed by atoms with Crippen LogP contribution < -0.4 is 15.9 Å². The molecule has 1 nitrogen and oxygen atoms in total. The summed E-state index contributed by atoms with van der Waals surface area (Å²) in [6.07, 6.45) is 9.41. The van der Waals surface area contributed by atoms with Crippen LogP contribution in [-0.4, -0.2) is 17.4 Å². The molecule has 1 unspecified atom stereocenters. The first-order valence-corrected chi connectivity index (χ1v) is 14.6. The number of hydrogen-bond donors (Lipinski definition) is 1. The lowest BCUT2D eigenvalue weighted by Gasteiger charge is -2.35. The van der Waals surface area contributed by atoms with Gasteiger partial charge in [0, 0.05) is 0 Å². The van der Waals surface area contributed by atoms with Crippen molar-refractivity contribution < 1.29 is 5.11 Å². The molecule has 4 rings (SSSR count). The van der Waals surface area contributed by atoms with E-state index < -0.39 is 7.26 Å². The van der Waals surface area contributed by atoms with Gasteiger partial charge in [-0.2, -0.15) is 0 Å². The molecular formula is C33H38OP+. The Balaban J connectivity index is 1.77. The van der Waals surface area contributed by atoms with Gasteiger partial charge in [-0.05, 0) is 85.7 Å². The third kappa shape index (κ3) is 5.43. The maximum absolute atomic E-state index is 10.4. The van der Waals surface area contributed by atoms with Crippen LogP contribution in [0.15, 0.2) is 126 Å². The van der Waals surface area contributed by atoms with Gasteiger partial charge in [0.2, 0.25) is 0 Å². The van der Waals surface area contributed by atoms with E-state index in [1.165, 1.54) is 27.1 Å². The number of rotatable bonds is 7. The molecule has 0 heterocycles. The Morgan fingerprint density at radius 1 is 0.857 bits per heavy atom. The molecular weight excluding hydrogens is 443 g/mol. The van der Waals surface area contributed by atoms with Crippen molar-refractivity contribution in [3.63, 3.8) is 0 Å². The third-order valence-electron chi connectivity index (χ3n) is 7.49. The van der Waals surface area contributed by atoms with E-state index in [0.717, 1.165) is 24.6 Å². The number of aliphatic hydroxyl groups excluding tert-OH is 1. The molecule has 0 aromatic heterocycles. The smallest absolute Gasteiger partial charge is 0.115 e. The minimum Gasteiger partial charge on any atom is -0.389 e. The molecule has 0 aliphatic heterocycles. The SMILES string of the molecule is CC(C=CC1=C(C)C(O)CCC1(C)C)=CC[P+](c1ccccc1)(c1ccccc1)c1ccccc1. The molecule has 0 saturated heterocycles. The molecule has 0 bridgehead atoms. The predicted molar refractivity (Wildman–Crippen MR) is 155 cm³/mol. The summed E-state index contributed by atoms with van der Waals surface area (Å²) in [6, 6.07) is 33.1. The van der Waals surface area contributed by atoms with Crippen LogP contribution in [0.25, 0.3) is 0 Å². The van der Waals surface area contributed by atoms with E-state index in [-0.39, 0.29) is 11.5 Å². The van der Waals surface area contributed by atoms with E-state index in [9.17, 15) is 5.11 Å². The fourth-order valence-corrected chi connectivity index (χ4v) is 9.43. The third-order valence-corrected chi connectivity index (χ3v) is 11.8. The molecule has 1 aliphatic rings. The topological polar surface area (TPSA) is 20.2 Å². The van der Waals surface area contributed by atoms with Crippen molar-refractivity contribution in [3.8, 4) is 0 Å². The van der Waals surface area contributed by atoms with Crippen LogP contribution in [0, 0.1) is 5.41 Å². The van der Waals surface area contributed by atoms with E-state index in [1.54, 1.807) is 0 Å². The first kappa shape index (κ1) is 25.4. The first-order valence-electron chi connectivity index (χ1n) is 12.6. The molecule has 0 spiro atoms. The van der Waals surface area contributed by atoms with Crippen molar-refractivity contribution >= 4 is 23.2 Å². The Kier molecular flexibility index (Phi) is 7.90. The highest BCUT2D eigenvalue weighted by Gasteiger charge is 2.44. The van der Waals surface area contributed by atoms with Gasteiger partial charge in [0.15, 0.2) is 0 Å². The Bertz CT molecular complexity index is 1110. The van der Waals surface area contributed by atoms with Crippen LogP contribution in [0.4, 0.5) is 0 Å². The fraction of sp³-hybridized carbons (Fsp3) is 0.273. The summed E-state index contributed by atoms with van der Waals surface area (Å²) in [5.41, 5.74) is 3.74. The lowest BCUT2D eigenvalue weighted by atomic mass is 9.71.